The fourth-order valence-electron chi connectivity index (χ4n) is 0.938. The summed E-state index contributed by atoms with van der Waals surface area (Å²) in [5.41, 5.74) is -1.05. The van der Waals surface area contributed by atoms with Gasteiger partial charge in [-0.2, -0.15) is 27.1 Å². The van der Waals surface area contributed by atoms with E-state index in [2.05, 4.69) is 10.2 Å². The van der Waals surface area contributed by atoms with Gasteiger partial charge in [-0.3, -0.25) is 5.10 Å². The van der Waals surface area contributed by atoms with E-state index in [-0.39, 0.29) is 11.6 Å². The molecule has 0 aromatic carbocycles. The minimum Gasteiger partial charge on any atom is -0.282 e. The van der Waals surface area contributed by atoms with Gasteiger partial charge >= 0.3 is 12.1 Å². The van der Waals surface area contributed by atoms with Crippen molar-refractivity contribution in [3.63, 3.8) is 0 Å². The maximum atomic E-state index is 12.7. The van der Waals surface area contributed by atoms with Gasteiger partial charge < -0.3 is 0 Å². The van der Waals surface area contributed by atoms with E-state index in [9.17, 15) is 22.0 Å². The molecule has 0 saturated carbocycles. The first-order valence-corrected chi connectivity index (χ1v) is 4.16. The molecule has 0 aliphatic heterocycles. The molecule has 7 heteroatoms. The van der Waals surface area contributed by atoms with Gasteiger partial charge in [0.2, 0.25) is 0 Å². The largest absolute Gasteiger partial charge is 0.459 e. The minimum absolute atomic E-state index is 0.185. The summed E-state index contributed by atoms with van der Waals surface area (Å²) >= 11 is 0. The number of aromatic nitrogens is 2. The van der Waals surface area contributed by atoms with Gasteiger partial charge in [0.1, 0.15) is 5.69 Å². The Kier molecular flexibility index (Phi) is 2.75. The van der Waals surface area contributed by atoms with E-state index in [1.165, 1.54) is 0 Å². The van der Waals surface area contributed by atoms with Crippen molar-refractivity contribution in [3.05, 3.63) is 17.5 Å². The quantitative estimate of drug-likeness (QED) is 0.773. The van der Waals surface area contributed by atoms with E-state index < -0.39 is 17.8 Å². The molecule has 2 nitrogen and oxygen atoms in total. The predicted octanol–water partition coefficient (Wildman–Crippen LogP) is 3.19. The molecule has 0 spiro atoms. The lowest BCUT2D eigenvalue weighted by Crippen LogP contribution is -2.34. The lowest BCUT2D eigenvalue weighted by atomic mass is 10.1. The molecule has 0 saturated heterocycles. The zero-order chi connectivity index (χ0) is 11.9. The van der Waals surface area contributed by atoms with E-state index in [0.29, 0.717) is 0 Å². The molecule has 0 fully saturated rings. The van der Waals surface area contributed by atoms with Crippen molar-refractivity contribution >= 4 is 0 Å². The van der Waals surface area contributed by atoms with Crippen LogP contribution in [0.1, 0.15) is 31.2 Å². The molecule has 0 bridgehead atoms. The van der Waals surface area contributed by atoms with Crippen LogP contribution in [-0.2, 0) is 5.92 Å². The van der Waals surface area contributed by atoms with Gasteiger partial charge in [0, 0.05) is 5.69 Å². The molecule has 0 unspecified atom stereocenters. The van der Waals surface area contributed by atoms with Crippen molar-refractivity contribution in [1.29, 1.82) is 0 Å². The zero-order valence-corrected chi connectivity index (χ0v) is 7.99. The van der Waals surface area contributed by atoms with Crippen molar-refractivity contribution in [1.82, 2.24) is 10.2 Å². The third kappa shape index (κ3) is 2.10. The molecule has 1 heterocycles. The number of aromatic amines is 1. The van der Waals surface area contributed by atoms with Crippen molar-refractivity contribution in [2.45, 2.75) is 31.9 Å². The van der Waals surface area contributed by atoms with Crippen LogP contribution in [-0.4, -0.2) is 16.4 Å². The average molecular weight is 228 g/mol. The number of halogens is 5. The smallest absolute Gasteiger partial charge is 0.282 e. The Bertz CT molecular complexity index is 339. The Balaban J connectivity index is 3.06. The van der Waals surface area contributed by atoms with Crippen LogP contribution < -0.4 is 0 Å². The van der Waals surface area contributed by atoms with Crippen molar-refractivity contribution in [3.8, 4) is 0 Å². The maximum absolute atomic E-state index is 12.7. The van der Waals surface area contributed by atoms with E-state index in [1.807, 2.05) is 0 Å². The molecule has 1 N–H and O–H groups in total. The van der Waals surface area contributed by atoms with Crippen LogP contribution in [0.5, 0.6) is 0 Å². The highest BCUT2D eigenvalue weighted by molar-refractivity contribution is 5.17. The first-order valence-electron chi connectivity index (χ1n) is 4.16. The Hall–Kier alpha value is -1.14. The normalized spacial score (nSPS) is 13.6. The van der Waals surface area contributed by atoms with Crippen LogP contribution in [0.25, 0.3) is 0 Å². The number of H-pyrrole nitrogens is 1. The number of hydrogen-bond donors (Lipinski definition) is 1. The van der Waals surface area contributed by atoms with E-state index in [4.69, 9.17) is 0 Å². The highest BCUT2D eigenvalue weighted by Crippen LogP contribution is 2.43. The molecule has 0 radical (unpaired) electrons. The first kappa shape index (κ1) is 11.9. The van der Waals surface area contributed by atoms with Gasteiger partial charge in [-0.25, -0.2) is 0 Å². The van der Waals surface area contributed by atoms with Crippen LogP contribution in [0.2, 0.25) is 0 Å². The molecule has 0 amide bonds. The molecule has 0 aliphatic rings. The summed E-state index contributed by atoms with van der Waals surface area (Å²) in [5, 5.41) is 5.13. The highest BCUT2D eigenvalue weighted by atomic mass is 19.4. The second-order valence-corrected chi connectivity index (χ2v) is 3.44. The highest BCUT2D eigenvalue weighted by Gasteiger charge is 2.60. The van der Waals surface area contributed by atoms with Crippen LogP contribution in [0.3, 0.4) is 0 Å². The number of nitrogens with one attached hydrogen (secondary N) is 1. The Morgan fingerprint density at radius 2 is 1.73 bits per heavy atom. The molecule has 0 aliphatic carbocycles. The van der Waals surface area contributed by atoms with Crippen molar-refractivity contribution in [2.24, 2.45) is 0 Å². The fourth-order valence-corrected chi connectivity index (χ4v) is 0.938. The molecule has 0 atom stereocenters. The first-order chi connectivity index (χ1) is 6.66. The number of rotatable bonds is 2. The topological polar surface area (TPSA) is 28.7 Å². The van der Waals surface area contributed by atoms with Gasteiger partial charge in [-0.05, 0) is 12.0 Å². The number of nitrogens with zero attached hydrogens (tertiary/aromatic N) is 1. The second kappa shape index (κ2) is 3.46. The Morgan fingerprint density at radius 3 is 2.07 bits per heavy atom. The Labute approximate surface area is 82.5 Å². The summed E-state index contributed by atoms with van der Waals surface area (Å²) < 4.78 is 61.2. The predicted molar refractivity (Wildman–Crippen MR) is 42.6 cm³/mol. The van der Waals surface area contributed by atoms with E-state index >= 15 is 0 Å². The van der Waals surface area contributed by atoms with Crippen molar-refractivity contribution < 1.29 is 22.0 Å². The van der Waals surface area contributed by atoms with E-state index in [1.54, 1.807) is 13.8 Å². The summed E-state index contributed by atoms with van der Waals surface area (Å²) in [6.07, 6.45) is -5.61. The lowest BCUT2D eigenvalue weighted by molar-refractivity contribution is -0.290. The molecule has 1 rings (SSSR count). The third-order valence-electron chi connectivity index (χ3n) is 1.90. The van der Waals surface area contributed by atoms with Crippen LogP contribution in [0, 0.1) is 0 Å². The van der Waals surface area contributed by atoms with Gasteiger partial charge in [0.15, 0.2) is 0 Å². The molecular weight excluding hydrogens is 219 g/mol. The van der Waals surface area contributed by atoms with Crippen LogP contribution >= 0.6 is 0 Å². The monoisotopic (exact) mass is 228 g/mol. The summed E-state index contributed by atoms with van der Waals surface area (Å²) in [4.78, 5) is 0. The standard InChI is InChI=1S/C8H9F5N2/c1-4(2)5-3-6(15-14-5)7(9,10)8(11,12)13/h3-4H,1-2H3,(H,14,15). The molecular formula is C8H9F5N2. The van der Waals surface area contributed by atoms with Gasteiger partial charge in [0.05, 0.1) is 0 Å². The fraction of sp³-hybridized carbons (Fsp3) is 0.625. The zero-order valence-electron chi connectivity index (χ0n) is 7.99. The lowest BCUT2D eigenvalue weighted by Gasteiger charge is -2.16. The summed E-state index contributed by atoms with van der Waals surface area (Å²) in [6.45, 7) is 3.31. The molecule has 1 aromatic heterocycles. The minimum atomic E-state index is -5.61. The Morgan fingerprint density at radius 1 is 1.20 bits per heavy atom. The van der Waals surface area contributed by atoms with E-state index in [0.717, 1.165) is 6.07 Å². The third-order valence-corrected chi connectivity index (χ3v) is 1.90. The molecule has 86 valence electrons. The van der Waals surface area contributed by atoms with Gasteiger partial charge in [-0.15, -0.1) is 0 Å². The average Bonchev–Trinajstić information content (AvgIpc) is 2.49. The van der Waals surface area contributed by atoms with Gasteiger partial charge in [0.25, 0.3) is 0 Å². The molecule has 15 heavy (non-hydrogen) atoms. The van der Waals surface area contributed by atoms with Gasteiger partial charge in [-0.1, -0.05) is 13.8 Å². The van der Waals surface area contributed by atoms with Crippen LogP contribution in [0.15, 0.2) is 6.07 Å². The molecule has 1 aromatic rings. The number of hydrogen-bond acceptors (Lipinski definition) is 1. The SMILES string of the molecule is CC(C)c1cc(C(F)(F)C(F)(F)F)n[nH]1. The summed E-state index contributed by atoms with van der Waals surface area (Å²) in [6, 6.07) is 0.734. The summed E-state index contributed by atoms with van der Waals surface area (Å²) in [5.74, 6) is -5.09. The maximum Gasteiger partial charge on any atom is 0.459 e. The number of alkyl halides is 5. The second-order valence-electron chi connectivity index (χ2n) is 3.44. The van der Waals surface area contributed by atoms with Crippen LogP contribution in [0.4, 0.5) is 22.0 Å². The van der Waals surface area contributed by atoms with Crippen molar-refractivity contribution in [2.75, 3.05) is 0 Å². The summed E-state index contributed by atoms with van der Waals surface area (Å²) in [7, 11) is 0.